The number of carbonyl (C=O) groups excluding carboxylic acids is 3. The third kappa shape index (κ3) is 4.00. The van der Waals surface area contributed by atoms with E-state index < -0.39 is 0 Å². The van der Waals surface area contributed by atoms with Crippen LogP contribution >= 0.6 is 0 Å². The fourth-order valence-corrected chi connectivity index (χ4v) is 3.32. The molecule has 0 spiro atoms. The SMILES string of the molecule is Cc1cccc(C(=O)N(C)CC(=O)N2c3ccccc3NC(=O)CC2C)c1. The third-order valence-electron chi connectivity index (χ3n) is 4.61. The number of carbonyl (C=O) groups is 3. The van der Waals surface area contributed by atoms with Crippen LogP contribution in [0.2, 0.25) is 0 Å². The van der Waals surface area contributed by atoms with Gasteiger partial charge >= 0.3 is 0 Å². The van der Waals surface area contributed by atoms with Gasteiger partial charge in [-0.2, -0.15) is 0 Å². The van der Waals surface area contributed by atoms with E-state index in [0.717, 1.165) is 5.56 Å². The molecule has 1 aliphatic rings. The molecular weight excluding hydrogens is 342 g/mol. The van der Waals surface area contributed by atoms with E-state index in [2.05, 4.69) is 5.32 Å². The molecule has 2 aromatic carbocycles. The van der Waals surface area contributed by atoms with Crippen molar-refractivity contribution in [3.63, 3.8) is 0 Å². The average Bonchev–Trinajstić information content (AvgIpc) is 2.75. The van der Waals surface area contributed by atoms with Crippen LogP contribution in [-0.4, -0.2) is 42.3 Å². The smallest absolute Gasteiger partial charge is 0.254 e. The summed E-state index contributed by atoms with van der Waals surface area (Å²) in [7, 11) is 1.61. The molecule has 0 saturated heterocycles. The lowest BCUT2D eigenvalue weighted by atomic mass is 10.1. The van der Waals surface area contributed by atoms with Gasteiger partial charge in [-0.3, -0.25) is 14.4 Å². The topological polar surface area (TPSA) is 69.7 Å². The summed E-state index contributed by atoms with van der Waals surface area (Å²) in [4.78, 5) is 40.8. The van der Waals surface area contributed by atoms with Crippen molar-refractivity contribution in [2.75, 3.05) is 23.8 Å². The van der Waals surface area contributed by atoms with Gasteiger partial charge in [0, 0.05) is 25.1 Å². The maximum absolute atomic E-state index is 13.0. The molecule has 1 aliphatic heterocycles. The number of fused-ring (bicyclic) bond motifs is 1. The first-order valence-corrected chi connectivity index (χ1v) is 8.90. The van der Waals surface area contributed by atoms with Crippen LogP contribution in [0.4, 0.5) is 11.4 Å². The maximum atomic E-state index is 13.0. The van der Waals surface area contributed by atoms with Crippen molar-refractivity contribution in [1.29, 1.82) is 0 Å². The van der Waals surface area contributed by atoms with E-state index in [4.69, 9.17) is 0 Å². The van der Waals surface area contributed by atoms with E-state index in [-0.39, 0.29) is 36.7 Å². The molecule has 1 unspecified atom stereocenters. The standard InChI is InChI=1S/C21H23N3O3/c1-14-7-6-8-16(11-14)21(27)23(3)13-20(26)24-15(2)12-19(25)22-17-9-4-5-10-18(17)24/h4-11,15H,12-13H2,1-3H3,(H,22,25). The van der Waals surface area contributed by atoms with Crippen molar-refractivity contribution < 1.29 is 14.4 Å². The number of benzene rings is 2. The Morgan fingerprint density at radius 2 is 1.93 bits per heavy atom. The van der Waals surface area contributed by atoms with Crippen molar-refractivity contribution >= 4 is 29.1 Å². The minimum absolute atomic E-state index is 0.0698. The Morgan fingerprint density at radius 1 is 1.19 bits per heavy atom. The number of hydrogen-bond acceptors (Lipinski definition) is 3. The largest absolute Gasteiger partial charge is 0.332 e. The van der Waals surface area contributed by atoms with E-state index in [0.29, 0.717) is 16.9 Å². The maximum Gasteiger partial charge on any atom is 0.254 e. The van der Waals surface area contributed by atoms with Gasteiger partial charge in [0.05, 0.1) is 11.4 Å². The molecule has 6 heteroatoms. The Balaban J connectivity index is 1.82. The van der Waals surface area contributed by atoms with E-state index >= 15 is 0 Å². The van der Waals surface area contributed by atoms with E-state index in [1.54, 1.807) is 36.2 Å². The molecule has 6 nitrogen and oxygen atoms in total. The summed E-state index contributed by atoms with van der Waals surface area (Å²) in [6.45, 7) is 3.68. The molecule has 0 fully saturated rings. The summed E-state index contributed by atoms with van der Waals surface area (Å²) in [6.07, 6.45) is 0.204. The van der Waals surface area contributed by atoms with Gasteiger partial charge in [0.2, 0.25) is 11.8 Å². The minimum Gasteiger partial charge on any atom is -0.332 e. The predicted octanol–water partition coefficient (Wildman–Crippen LogP) is 2.83. The lowest BCUT2D eigenvalue weighted by Gasteiger charge is -2.29. The molecule has 1 heterocycles. The Labute approximate surface area is 158 Å². The number of para-hydroxylation sites is 2. The molecule has 0 aliphatic carbocycles. The van der Waals surface area contributed by atoms with Gasteiger partial charge in [-0.1, -0.05) is 29.8 Å². The van der Waals surface area contributed by atoms with Crippen LogP contribution in [0.3, 0.4) is 0 Å². The Morgan fingerprint density at radius 3 is 2.67 bits per heavy atom. The monoisotopic (exact) mass is 365 g/mol. The lowest BCUT2D eigenvalue weighted by molar-refractivity contribution is -0.119. The number of anilines is 2. The normalized spacial score (nSPS) is 16.2. The van der Waals surface area contributed by atoms with Crippen molar-refractivity contribution in [3.05, 3.63) is 59.7 Å². The third-order valence-corrected chi connectivity index (χ3v) is 4.61. The van der Waals surface area contributed by atoms with Crippen LogP contribution in [0.15, 0.2) is 48.5 Å². The van der Waals surface area contributed by atoms with Crippen molar-refractivity contribution in [3.8, 4) is 0 Å². The van der Waals surface area contributed by atoms with Crippen molar-refractivity contribution in [1.82, 2.24) is 4.90 Å². The molecule has 0 saturated carbocycles. The van der Waals surface area contributed by atoms with Crippen LogP contribution in [-0.2, 0) is 9.59 Å². The van der Waals surface area contributed by atoms with Crippen LogP contribution < -0.4 is 10.2 Å². The molecular formula is C21H23N3O3. The average molecular weight is 365 g/mol. The Bertz CT molecular complexity index is 894. The highest BCUT2D eigenvalue weighted by Gasteiger charge is 2.30. The molecule has 0 radical (unpaired) electrons. The number of amides is 3. The summed E-state index contributed by atoms with van der Waals surface area (Å²) in [5, 5.41) is 2.83. The molecule has 2 aromatic rings. The lowest BCUT2D eigenvalue weighted by Crippen LogP contribution is -2.45. The summed E-state index contributed by atoms with van der Waals surface area (Å²) in [5.74, 6) is -0.568. The summed E-state index contributed by atoms with van der Waals surface area (Å²) in [5.41, 5.74) is 2.79. The second kappa shape index (κ2) is 7.61. The highest BCUT2D eigenvalue weighted by atomic mass is 16.2. The zero-order valence-corrected chi connectivity index (χ0v) is 15.7. The molecule has 27 heavy (non-hydrogen) atoms. The zero-order chi connectivity index (χ0) is 19.6. The summed E-state index contributed by atoms with van der Waals surface area (Å²) in [6, 6.07) is 14.2. The molecule has 0 bridgehead atoms. The van der Waals surface area contributed by atoms with Crippen LogP contribution in [0.1, 0.15) is 29.3 Å². The minimum atomic E-state index is -0.302. The number of likely N-dealkylation sites (N-methyl/N-ethyl adjacent to an activating group) is 1. The molecule has 3 rings (SSSR count). The molecule has 3 amide bonds. The first-order valence-electron chi connectivity index (χ1n) is 8.90. The van der Waals surface area contributed by atoms with Crippen LogP contribution in [0.5, 0.6) is 0 Å². The highest BCUT2D eigenvalue weighted by molar-refractivity contribution is 6.06. The van der Waals surface area contributed by atoms with Gasteiger partial charge in [0.15, 0.2) is 0 Å². The fourth-order valence-electron chi connectivity index (χ4n) is 3.32. The van der Waals surface area contributed by atoms with Crippen LogP contribution in [0.25, 0.3) is 0 Å². The predicted molar refractivity (Wildman–Crippen MR) is 105 cm³/mol. The number of aryl methyl sites for hydroxylation is 1. The van der Waals surface area contributed by atoms with Gasteiger partial charge in [-0.15, -0.1) is 0 Å². The number of nitrogens with one attached hydrogen (secondary N) is 1. The van der Waals surface area contributed by atoms with Gasteiger partial charge in [-0.25, -0.2) is 0 Å². The van der Waals surface area contributed by atoms with Gasteiger partial charge in [-0.05, 0) is 38.1 Å². The van der Waals surface area contributed by atoms with E-state index in [1.807, 2.05) is 38.1 Å². The highest BCUT2D eigenvalue weighted by Crippen LogP contribution is 2.31. The Hall–Kier alpha value is -3.15. The first kappa shape index (κ1) is 18.6. The summed E-state index contributed by atoms with van der Waals surface area (Å²) < 4.78 is 0. The van der Waals surface area contributed by atoms with Gasteiger partial charge in [0.25, 0.3) is 5.91 Å². The van der Waals surface area contributed by atoms with Gasteiger partial charge in [0.1, 0.15) is 6.54 Å². The number of nitrogens with zero attached hydrogens (tertiary/aromatic N) is 2. The molecule has 1 atom stereocenters. The number of hydrogen-bond donors (Lipinski definition) is 1. The van der Waals surface area contributed by atoms with Gasteiger partial charge < -0.3 is 15.1 Å². The first-order chi connectivity index (χ1) is 12.9. The Kier molecular flexibility index (Phi) is 5.26. The summed E-state index contributed by atoms with van der Waals surface area (Å²) >= 11 is 0. The fraction of sp³-hybridized carbons (Fsp3) is 0.286. The zero-order valence-electron chi connectivity index (χ0n) is 15.7. The second-order valence-electron chi connectivity index (χ2n) is 6.91. The molecule has 140 valence electrons. The molecule has 0 aromatic heterocycles. The van der Waals surface area contributed by atoms with E-state index in [9.17, 15) is 14.4 Å². The quantitative estimate of drug-likeness (QED) is 0.909. The molecule has 1 N–H and O–H groups in total. The second-order valence-corrected chi connectivity index (χ2v) is 6.91. The van der Waals surface area contributed by atoms with Crippen molar-refractivity contribution in [2.24, 2.45) is 0 Å². The van der Waals surface area contributed by atoms with Crippen LogP contribution in [0, 0.1) is 6.92 Å². The van der Waals surface area contributed by atoms with Crippen molar-refractivity contribution in [2.45, 2.75) is 26.3 Å². The number of rotatable bonds is 3. The van der Waals surface area contributed by atoms with E-state index in [1.165, 1.54) is 4.90 Å².